The number of nitrogens with one attached hydrogen (secondary N) is 2. The molecule has 142 valence electrons. The van der Waals surface area contributed by atoms with E-state index in [2.05, 4.69) is 15.7 Å². The molecule has 0 saturated carbocycles. The molecule has 28 heavy (non-hydrogen) atoms. The van der Waals surface area contributed by atoms with E-state index in [9.17, 15) is 9.59 Å². The first-order chi connectivity index (χ1) is 13.4. The monoisotopic (exact) mass is 414 g/mol. The van der Waals surface area contributed by atoms with E-state index in [1.54, 1.807) is 29.1 Å². The lowest BCUT2D eigenvalue weighted by atomic mass is 10.1. The van der Waals surface area contributed by atoms with Crippen molar-refractivity contribution in [2.24, 2.45) is 0 Å². The van der Waals surface area contributed by atoms with Crippen LogP contribution in [0.15, 0.2) is 48.7 Å². The number of hydrogen-bond donors (Lipinski definition) is 2. The molecule has 2 N–H and O–H groups in total. The van der Waals surface area contributed by atoms with E-state index in [0.29, 0.717) is 21.6 Å². The van der Waals surface area contributed by atoms with E-state index in [1.807, 2.05) is 31.2 Å². The number of rotatable bonds is 4. The Morgan fingerprint density at radius 1 is 1.18 bits per heavy atom. The van der Waals surface area contributed by atoms with Gasteiger partial charge in [-0.15, -0.1) is 0 Å². The Kier molecular flexibility index (Phi) is 4.83. The maximum Gasteiger partial charge on any atom is 0.251 e. The quantitative estimate of drug-likeness (QED) is 0.649. The molecule has 0 aliphatic carbocycles. The van der Waals surface area contributed by atoms with Gasteiger partial charge in [-0.25, -0.2) is 4.68 Å². The molecule has 1 atom stereocenters. The van der Waals surface area contributed by atoms with E-state index in [1.165, 1.54) is 0 Å². The summed E-state index contributed by atoms with van der Waals surface area (Å²) in [6.45, 7) is 2.01. The molecule has 1 unspecified atom stereocenters. The number of nitrogens with zero attached hydrogens (tertiary/aromatic N) is 2. The van der Waals surface area contributed by atoms with Gasteiger partial charge < -0.3 is 10.6 Å². The van der Waals surface area contributed by atoms with E-state index in [-0.39, 0.29) is 18.2 Å². The van der Waals surface area contributed by atoms with Crippen molar-refractivity contribution in [3.05, 3.63) is 64.3 Å². The minimum atomic E-state index is -0.719. The lowest BCUT2D eigenvalue weighted by molar-refractivity contribution is -0.123. The van der Waals surface area contributed by atoms with Gasteiger partial charge in [0.1, 0.15) is 11.9 Å². The van der Waals surface area contributed by atoms with E-state index >= 15 is 0 Å². The Balaban J connectivity index is 1.53. The number of aryl methyl sites for hydroxylation is 1. The van der Waals surface area contributed by atoms with Gasteiger partial charge in [0.2, 0.25) is 5.91 Å². The Hall–Kier alpha value is -2.83. The summed E-state index contributed by atoms with van der Waals surface area (Å²) >= 11 is 11.9. The van der Waals surface area contributed by atoms with Gasteiger partial charge in [0.05, 0.1) is 12.6 Å². The molecule has 1 aromatic heterocycles. The van der Waals surface area contributed by atoms with Crippen molar-refractivity contribution in [1.29, 1.82) is 0 Å². The molecule has 2 heterocycles. The number of benzene rings is 2. The highest BCUT2D eigenvalue weighted by Crippen LogP contribution is 2.36. The standard InChI is InChI=1S/C20H16Cl2N4O2/c1-11-2-4-12(5-3-11)16-10-23-26-17(20(28)25-19(16)26)9-18(27)24-15-7-13(21)6-14(22)8-15/h2-8,10,17H,9H2,1H3,(H,24,27)(H,25,28). The number of anilines is 2. The molecule has 2 amide bonds. The van der Waals surface area contributed by atoms with Crippen LogP contribution in [0.4, 0.5) is 11.5 Å². The first kappa shape index (κ1) is 18.5. The molecular weight excluding hydrogens is 399 g/mol. The Bertz CT molecular complexity index is 1060. The molecule has 0 saturated heterocycles. The summed E-state index contributed by atoms with van der Waals surface area (Å²) in [4.78, 5) is 24.9. The summed E-state index contributed by atoms with van der Waals surface area (Å²) in [5.74, 6) is -0.00749. The lowest BCUT2D eigenvalue weighted by Gasteiger charge is -2.10. The molecule has 3 aromatic rings. The van der Waals surface area contributed by atoms with Gasteiger partial charge in [-0.05, 0) is 30.7 Å². The summed E-state index contributed by atoms with van der Waals surface area (Å²) in [7, 11) is 0. The summed E-state index contributed by atoms with van der Waals surface area (Å²) < 4.78 is 1.56. The van der Waals surface area contributed by atoms with Crippen LogP contribution < -0.4 is 10.6 Å². The van der Waals surface area contributed by atoms with Gasteiger partial charge in [0.25, 0.3) is 5.91 Å². The van der Waals surface area contributed by atoms with E-state index in [4.69, 9.17) is 23.2 Å². The third-order valence-electron chi connectivity index (χ3n) is 4.52. The minimum absolute atomic E-state index is 0.0576. The van der Waals surface area contributed by atoms with Crippen molar-refractivity contribution < 1.29 is 9.59 Å². The average Bonchev–Trinajstić information content (AvgIpc) is 3.15. The fourth-order valence-electron chi connectivity index (χ4n) is 3.17. The van der Waals surface area contributed by atoms with Crippen molar-refractivity contribution in [3.63, 3.8) is 0 Å². The third-order valence-corrected chi connectivity index (χ3v) is 4.96. The van der Waals surface area contributed by atoms with Crippen LogP contribution in [0, 0.1) is 6.92 Å². The minimum Gasteiger partial charge on any atom is -0.326 e. The Morgan fingerprint density at radius 2 is 1.86 bits per heavy atom. The molecule has 8 heteroatoms. The summed E-state index contributed by atoms with van der Waals surface area (Å²) in [6.07, 6.45) is 1.64. The van der Waals surface area contributed by atoms with Crippen LogP contribution in [0.5, 0.6) is 0 Å². The number of carbonyl (C=O) groups is 2. The molecular formula is C20H16Cl2N4O2. The number of halogens is 2. The summed E-state index contributed by atoms with van der Waals surface area (Å²) in [5, 5.41) is 10.7. The van der Waals surface area contributed by atoms with Gasteiger partial charge in [-0.3, -0.25) is 9.59 Å². The topological polar surface area (TPSA) is 76.0 Å². The highest BCUT2D eigenvalue weighted by molar-refractivity contribution is 6.35. The first-order valence-electron chi connectivity index (χ1n) is 8.62. The second-order valence-electron chi connectivity index (χ2n) is 6.63. The zero-order valence-corrected chi connectivity index (χ0v) is 16.4. The maximum absolute atomic E-state index is 12.4. The van der Waals surface area contributed by atoms with Crippen LogP contribution in [0.3, 0.4) is 0 Å². The maximum atomic E-state index is 12.4. The SMILES string of the molecule is Cc1ccc(-c2cnn3c2NC(=O)C3CC(=O)Nc2cc(Cl)cc(Cl)c2)cc1. The fraction of sp³-hybridized carbons (Fsp3) is 0.150. The number of carbonyl (C=O) groups excluding carboxylic acids is 2. The molecule has 1 aliphatic heterocycles. The summed E-state index contributed by atoms with van der Waals surface area (Å²) in [5.41, 5.74) is 3.39. The fourth-order valence-corrected chi connectivity index (χ4v) is 3.70. The lowest BCUT2D eigenvalue weighted by Crippen LogP contribution is -2.23. The Labute approximate surface area is 171 Å². The Morgan fingerprint density at radius 3 is 2.54 bits per heavy atom. The zero-order chi connectivity index (χ0) is 19.8. The largest absolute Gasteiger partial charge is 0.326 e. The van der Waals surface area contributed by atoms with Crippen LogP contribution in [-0.2, 0) is 9.59 Å². The number of fused-ring (bicyclic) bond motifs is 1. The smallest absolute Gasteiger partial charge is 0.251 e. The molecule has 0 fully saturated rings. The molecule has 0 spiro atoms. The molecule has 0 bridgehead atoms. The number of amides is 2. The van der Waals surface area contributed by atoms with Gasteiger partial charge in [-0.1, -0.05) is 53.0 Å². The van der Waals surface area contributed by atoms with Gasteiger partial charge >= 0.3 is 0 Å². The molecule has 0 radical (unpaired) electrons. The van der Waals surface area contributed by atoms with Crippen LogP contribution in [-0.4, -0.2) is 21.6 Å². The van der Waals surface area contributed by atoms with Crippen molar-refractivity contribution in [3.8, 4) is 11.1 Å². The highest BCUT2D eigenvalue weighted by Gasteiger charge is 2.35. The molecule has 2 aromatic carbocycles. The predicted octanol–water partition coefficient (Wildman–Crippen LogP) is 4.69. The van der Waals surface area contributed by atoms with Gasteiger partial charge in [0, 0.05) is 21.3 Å². The summed E-state index contributed by atoms with van der Waals surface area (Å²) in [6, 6.07) is 12.0. The third kappa shape index (κ3) is 3.61. The normalized spacial score (nSPS) is 15.2. The van der Waals surface area contributed by atoms with Gasteiger partial charge in [-0.2, -0.15) is 5.10 Å². The zero-order valence-electron chi connectivity index (χ0n) is 14.9. The highest BCUT2D eigenvalue weighted by atomic mass is 35.5. The van der Waals surface area contributed by atoms with Gasteiger partial charge in [0.15, 0.2) is 0 Å². The molecule has 6 nitrogen and oxygen atoms in total. The second kappa shape index (κ2) is 7.30. The predicted molar refractivity (Wildman–Crippen MR) is 110 cm³/mol. The first-order valence-corrected chi connectivity index (χ1v) is 9.37. The van der Waals surface area contributed by atoms with Crippen LogP contribution >= 0.6 is 23.2 Å². The molecule has 4 rings (SSSR count). The van der Waals surface area contributed by atoms with Crippen molar-refractivity contribution >= 4 is 46.5 Å². The van der Waals surface area contributed by atoms with E-state index < -0.39 is 6.04 Å². The number of hydrogen-bond acceptors (Lipinski definition) is 3. The van der Waals surface area contributed by atoms with E-state index in [0.717, 1.165) is 16.7 Å². The molecule has 1 aliphatic rings. The van der Waals surface area contributed by atoms with Crippen LogP contribution in [0.1, 0.15) is 18.0 Å². The number of aromatic nitrogens is 2. The second-order valence-corrected chi connectivity index (χ2v) is 7.51. The van der Waals surface area contributed by atoms with Crippen LogP contribution in [0.2, 0.25) is 10.0 Å². The van der Waals surface area contributed by atoms with Crippen molar-refractivity contribution in [2.45, 2.75) is 19.4 Å². The van der Waals surface area contributed by atoms with Crippen molar-refractivity contribution in [2.75, 3.05) is 10.6 Å². The van der Waals surface area contributed by atoms with Crippen molar-refractivity contribution in [1.82, 2.24) is 9.78 Å². The average molecular weight is 415 g/mol. The van der Waals surface area contributed by atoms with Crippen LogP contribution in [0.25, 0.3) is 11.1 Å².